The number of anilines is 1. The minimum Gasteiger partial charge on any atom is -0.368 e. The van der Waals surface area contributed by atoms with Crippen molar-refractivity contribution >= 4 is 5.69 Å². The van der Waals surface area contributed by atoms with Gasteiger partial charge in [0.2, 0.25) is 0 Å². The number of hydrogen-bond donors (Lipinski definition) is 1. The normalized spacial score (nSPS) is 27.8. The Morgan fingerprint density at radius 3 is 2.81 bits per heavy atom. The lowest BCUT2D eigenvalue weighted by Crippen LogP contribution is -2.31. The predicted octanol–water partition coefficient (Wildman–Crippen LogP) is 2.27. The topological polar surface area (TPSA) is 29.3 Å². The van der Waals surface area contributed by atoms with Crippen LogP contribution in [0.3, 0.4) is 0 Å². The lowest BCUT2D eigenvalue weighted by Gasteiger charge is -2.29. The van der Waals surface area contributed by atoms with E-state index >= 15 is 0 Å². The Morgan fingerprint density at radius 1 is 1.31 bits per heavy atom. The van der Waals surface area contributed by atoms with Crippen molar-refractivity contribution in [1.82, 2.24) is 0 Å². The molecule has 16 heavy (non-hydrogen) atoms. The Bertz CT molecular complexity index is 405. The number of rotatable bonds is 2. The predicted molar refractivity (Wildman–Crippen MR) is 62.8 cm³/mol. The van der Waals surface area contributed by atoms with Crippen LogP contribution in [-0.4, -0.2) is 12.6 Å². The third-order valence-electron chi connectivity index (χ3n) is 3.92. The van der Waals surface area contributed by atoms with E-state index in [0.717, 1.165) is 23.7 Å². The molecule has 1 aliphatic heterocycles. The minimum atomic E-state index is -0.166. The summed E-state index contributed by atoms with van der Waals surface area (Å²) in [6, 6.07) is 5.83. The molecule has 1 saturated carbocycles. The number of nitrogens with two attached hydrogens (primary N) is 1. The maximum absolute atomic E-state index is 13.4. The minimum absolute atomic E-state index is 0.166. The first-order chi connectivity index (χ1) is 7.76. The van der Waals surface area contributed by atoms with Crippen molar-refractivity contribution in [2.24, 2.45) is 11.7 Å². The van der Waals surface area contributed by atoms with E-state index in [2.05, 4.69) is 4.90 Å². The standard InChI is InChI=1S/C13H17FN2/c14-11-3-10(7-15)5-13(6-11)16-8-9-1-2-12(16)4-9/h3,5-6,9,12H,1-2,4,7-8,15H2. The van der Waals surface area contributed by atoms with Gasteiger partial charge in [-0.1, -0.05) is 0 Å². The zero-order chi connectivity index (χ0) is 11.1. The zero-order valence-electron chi connectivity index (χ0n) is 9.32. The quantitative estimate of drug-likeness (QED) is 0.828. The van der Waals surface area contributed by atoms with Gasteiger partial charge >= 0.3 is 0 Å². The number of benzene rings is 1. The first-order valence-electron chi connectivity index (χ1n) is 6.02. The SMILES string of the molecule is NCc1cc(F)cc(N2CC3CCC2C3)c1. The fourth-order valence-corrected chi connectivity index (χ4v) is 3.16. The van der Waals surface area contributed by atoms with Crippen LogP contribution < -0.4 is 10.6 Å². The molecule has 1 heterocycles. The first kappa shape index (κ1) is 10.1. The number of piperidine rings is 1. The molecule has 0 radical (unpaired) electrons. The van der Waals surface area contributed by atoms with Crippen LogP contribution in [0, 0.1) is 11.7 Å². The molecule has 2 unspecified atom stereocenters. The van der Waals surface area contributed by atoms with Crippen molar-refractivity contribution in [3.63, 3.8) is 0 Å². The van der Waals surface area contributed by atoms with E-state index in [1.807, 2.05) is 6.07 Å². The van der Waals surface area contributed by atoms with Gasteiger partial charge in [-0.2, -0.15) is 0 Å². The van der Waals surface area contributed by atoms with Crippen molar-refractivity contribution < 1.29 is 4.39 Å². The first-order valence-corrected chi connectivity index (χ1v) is 6.02. The summed E-state index contributed by atoms with van der Waals surface area (Å²) in [4.78, 5) is 2.36. The summed E-state index contributed by atoms with van der Waals surface area (Å²) < 4.78 is 13.4. The fraction of sp³-hybridized carbons (Fsp3) is 0.538. The van der Waals surface area contributed by atoms with Crippen molar-refractivity contribution in [2.75, 3.05) is 11.4 Å². The molecule has 1 aromatic rings. The van der Waals surface area contributed by atoms with Gasteiger partial charge in [0.15, 0.2) is 0 Å². The average Bonchev–Trinajstić information content (AvgIpc) is 2.89. The fourth-order valence-electron chi connectivity index (χ4n) is 3.16. The molecule has 0 amide bonds. The largest absolute Gasteiger partial charge is 0.368 e. The summed E-state index contributed by atoms with van der Waals surface area (Å²) in [5, 5.41) is 0. The Morgan fingerprint density at radius 2 is 2.19 bits per heavy atom. The van der Waals surface area contributed by atoms with Crippen LogP contribution in [0.5, 0.6) is 0 Å². The van der Waals surface area contributed by atoms with E-state index in [0.29, 0.717) is 12.6 Å². The van der Waals surface area contributed by atoms with E-state index in [9.17, 15) is 4.39 Å². The Hall–Kier alpha value is -1.09. The second-order valence-corrected chi connectivity index (χ2v) is 5.01. The van der Waals surface area contributed by atoms with E-state index < -0.39 is 0 Å². The van der Waals surface area contributed by atoms with E-state index in [4.69, 9.17) is 5.73 Å². The molecule has 0 spiro atoms. The smallest absolute Gasteiger partial charge is 0.125 e. The summed E-state index contributed by atoms with van der Waals surface area (Å²) in [5.41, 5.74) is 7.48. The van der Waals surface area contributed by atoms with Gasteiger partial charge in [0, 0.05) is 24.8 Å². The molecule has 0 aromatic heterocycles. The van der Waals surface area contributed by atoms with Crippen LogP contribution >= 0.6 is 0 Å². The van der Waals surface area contributed by atoms with Crippen LogP contribution in [0.2, 0.25) is 0 Å². The molecule has 2 bridgehead atoms. The maximum atomic E-state index is 13.4. The second kappa shape index (κ2) is 3.74. The summed E-state index contributed by atoms with van der Waals surface area (Å²) in [5.74, 6) is 0.662. The molecule has 2 fully saturated rings. The van der Waals surface area contributed by atoms with Gasteiger partial charge in [-0.3, -0.25) is 0 Å². The van der Waals surface area contributed by atoms with Crippen molar-refractivity contribution in [3.05, 3.63) is 29.6 Å². The molecule has 86 valence electrons. The van der Waals surface area contributed by atoms with Gasteiger partial charge in [0.25, 0.3) is 0 Å². The Labute approximate surface area is 95.2 Å². The van der Waals surface area contributed by atoms with Gasteiger partial charge in [-0.05, 0) is 48.9 Å². The molecular formula is C13H17FN2. The van der Waals surface area contributed by atoms with Gasteiger partial charge in [0.05, 0.1) is 0 Å². The highest BCUT2D eigenvalue weighted by molar-refractivity contribution is 5.51. The number of nitrogens with zero attached hydrogens (tertiary/aromatic N) is 1. The van der Waals surface area contributed by atoms with Crippen molar-refractivity contribution in [2.45, 2.75) is 31.8 Å². The van der Waals surface area contributed by atoms with Crippen molar-refractivity contribution in [3.8, 4) is 0 Å². The summed E-state index contributed by atoms with van der Waals surface area (Å²) in [6.45, 7) is 1.50. The molecule has 2 aliphatic rings. The molecule has 3 heteroatoms. The lowest BCUT2D eigenvalue weighted by atomic mass is 10.1. The van der Waals surface area contributed by atoms with Gasteiger partial charge in [-0.25, -0.2) is 4.39 Å². The molecule has 2 nitrogen and oxygen atoms in total. The zero-order valence-corrected chi connectivity index (χ0v) is 9.32. The highest BCUT2D eigenvalue weighted by Gasteiger charge is 2.37. The molecule has 1 aromatic carbocycles. The molecule has 1 aliphatic carbocycles. The number of fused-ring (bicyclic) bond motifs is 2. The number of hydrogen-bond acceptors (Lipinski definition) is 2. The third-order valence-corrected chi connectivity index (χ3v) is 3.92. The van der Waals surface area contributed by atoms with Crippen LogP contribution in [0.1, 0.15) is 24.8 Å². The van der Waals surface area contributed by atoms with Gasteiger partial charge in [0.1, 0.15) is 5.82 Å². The molecule has 3 rings (SSSR count). The Balaban J connectivity index is 1.91. The molecule has 2 N–H and O–H groups in total. The van der Waals surface area contributed by atoms with Crippen LogP contribution in [0.25, 0.3) is 0 Å². The highest BCUT2D eigenvalue weighted by atomic mass is 19.1. The number of halogens is 1. The van der Waals surface area contributed by atoms with Crippen molar-refractivity contribution in [1.29, 1.82) is 0 Å². The average molecular weight is 220 g/mol. The summed E-state index contributed by atoms with van der Waals surface area (Å²) >= 11 is 0. The second-order valence-electron chi connectivity index (χ2n) is 5.01. The maximum Gasteiger partial charge on any atom is 0.125 e. The molecule has 1 saturated heterocycles. The molecular weight excluding hydrogens is 203 g/mol. The van der Waals surface area contributed by atoms with Gasteiger partial charge in [-0.15, -0.1) is 0 Å². The van der Waals surface area contributed by atoms with E-state index in [-0.39, 0.29) is 5.82 Å². The Kier molecular flexibility index (Phi) is 2.36. The van der Waals surface area contributed by atoms with Crippen LogP contribution in [0.15, 0.2) is 18.2 Å². The summed E-state index contributed by atoms with van der Waals surface area (Å²) in [7, 11) is 0. The monoisotopic (exact) mass is 220 g/mol. The van der Waals surface area contributed by atoms with E-state index in [1.54, 1.807) is 6.07 Å². The van der Waals surface area contributed by atoms with E-state index in [1.165, 1.54) is 25.3 Å². The highest BCUT2D eigenvalue weighted by Crippen LogP contribution is 2.40. The van der Waals surface area contributed by atoms with Crippen LogP contribution in [-0.2, 0) is 6.54 Å². The summed E-state index contributed by atoms with van der Waals surface area (Å²) in [6.07, 6.45) is 3.90. The van der Waals surface area contributed by atoms with Crippen LogP contribution in [0.4, 0.5) is 10.1 Å². The lowest BCUT2D eigenvalue weighted by molar-refractivity contribution is 0.551. The molecule has 2 atom stereocenters. The third kappa shape index (κ3) is 1.59. The van der Waals surface area contributed by atoms with Gasteiger partial charge < -0.3 is 10.6 Å².